The predicted molar refractivity (Wildman–Crippen MR) is 78.1 cm³/mol. The van der Waals surface area contributed by atoms with Gasteiger partial charge in [0.05, 0.1) is 17.1 Å². The van der Waals surface area contributed by atoms with Crippen LogP contribution in [0.15, 0.2) is 12.1 Å². The summed E-state index contributed by atoms with van der Waals surface area (Å²) < 4.78 is 0. The van der Waals surface area contributed by atoms with E-state index in [-0.39, 0.29) is 10.6 Å². The smallest absolute Gasteiger partial charge is 0.276 e. The predicted octanol–water partition coefficient (Wildman–Crippen LogP) is 2.80. The summed E-state index contributed by atoms with van der Waals surface area (Å²) in [5, 5.41) is 14.2. The lowest BCUT2D eigenvalue weighted by molar-refractivity contribution is -0.384. The van der Waals surface area contributed by atoms with Gasteiger partial charge in [-0.1, -0.05) is 6.92 Å². The van der Waals surface area contributed by atoms with Crippen molar-refractivity contribution < 1.29 is 4.92 Å². The van der Waals surface area contributed by atoms with Crippen LogP contribution in [0.3, 0.4) is 0 Å². The highest BCUT2D eigenvalue weighted by atomic mass is 16.6. The molecule has 1 saturated heterocycles. The highest BCUT2D eigenvalue weighted by molar-refractivity contribution is 5.57. The minimum absolute atomic E-state index is 0.122. The molecule has 2 heterocycles. The topological polar surface area (TPSA) is 71.3 Å². The first kappa shape index (κ1) is 13.1. The Balaban J connectivity index is 1.88. The molecular weight excluding hydrogens is 256 g/mol. The van der Waals surface area contributed by atoms with E-state index >= 15 is 0 Å². The summed E-state index contributed by atoms with van der Waals surface area (Å²) >= 11 is 0. The maximum atomic E-state index is 11.1. The van der Waals surface area contributed by atoms with Crippen LogP contribution in [0, 0.1) is 16.0 Å². The summed E-state index contributed by atoms with van der Waals surface area (Å²) in [6.07, 6.45) is 4.65. The minimum atomic E-state index is -0.337. The van der Waals surface area contributed by atoms with Crippen LogP contribution in [0.25, 0.3) is 0 Å². The molecule has 6 heteroatoms. The molecule has 1 saturated carbocycles. The van der Waals surface area contributed by atoms with Gasteiger partial charge >= 0.3 is 0 Å². The van der Waals surface area contributed by atoms with E-state index in [1.54, 1.807) is 6.07 Å². The molecular formula is C14H20N4O2. The van der Waals surface area contributed by atoms with Gasteiger partial charge in [0.25, 0.3) is 5.69 Å². The SMILES string of the molecule is CCCNc1cc([N+](=O)[O-])cc(N2CC3CCC2C3)n1. The third-order valence-electron chi connectivity index (χ3n) is 4.27. The summed E-state index contributed by atoms with van der Waals surface area (Å²) in [5.74, 6) is 2.11. The van der Waals surface area contributed by atoms with E-state index in [9.17, 15) is 10.1 Å². The average Bonchev–Trinajstić information content (AvgIpc) is 3.07. The molecule has 0 spiro atoms. The number of hydrogen-bond donors (Lipinski definition) is 1. The molecule has 1 aromatic rings. The van der Waals surface area contributed by atoms with Crippen molar-refractivity contribution in [1.29, 1.82) is 0 Å². The van der Waals surface area contributed by atoms with E-state index in [1.165, 1.54) is 25.3 Å². The zero-order chi connectivity index (χ0) is 14.1. The molecule has 1 aliphatic carbocycles. The van der Waals surface area contributed by atoms with Gasteiger partial charge < -0.3 is 10.2 Å². The van der Waals surface area contributed by atoms with Crippen LogP contribution in [0.1, 0.15) is 32.6 Å². The van der Waals surface area contributed by atoms with Crippen molar-refractivity contribution in [1.82, 2.24) is 4.98 Å². The first-order valence-corrected chi connectivity index (χ1v) is 7.34. The molecule has 1 aromatic heterocycles. The first-order valence-electron chi connectivity index (χ1n) is 7.34. The Morgan fingerprint density at radius 1 is 1.50 bits per heavy atom. The number of nitrogens with zero attached hydrogens (tertiary/aromatic N) is 3. The summed E-state index contributed by atoms with van der Waals surface area (Å²) in [5.41, 5.74) is 0.122. The lowest BCUT2D eigenvalue weighted by atomic mass is 10.1. The van der Waals surface area contributed by atoms with Gasteiger partial charge in [0.1, 0.15) is 11.6 Å². The molecule has 0 radical (unpaired) electrons. The molecule has 2 fully saturated rings. The molecule has 3 rings (SSSR count). The van der Waals surface area contributed by atoms with Crippen molar-refractivity contribution >= 4 is 17.3 Å². The van der Waals surface area contributed by atoms with E-state index in [0.717, 1.165) is 31.2 Å². The largest absolute Gasteiger partial charge is 0.370 e. The summed E-state index contributed by atoms with van der Waals surface area (Å²) in [6.45, 7) is 3.83. The Bertz CT molecular complexity index is 520. The normalized spacial score (nSPS) is 24.1. The number of rotatable bonds is 5. The fourth-order valence-corrected chi connectivity index (χ4v) is 3.30. The number of pyridine rings is 1. The van der Waals surface area contributed by atoms with E-state index in [0.29, 0.717) is 11.9 Å². The fourth-order valence-electron chi connectivity index (χ4n) is 3.30. The Labute approximate surface area is 118 Å². The van der Waals surface area contributed by atoms with Crippen molar-refractivity contribution in [3.8, 4) is 0 Å². The lowest BCUT2D eigenvalue weighted by Gasteiger charge is -2.28. The molecule has 2 bridgehead atoms. The number of aromatic nitrogens is 1. The Morgan fingerprint density at radius 3 is 2.95 bits per heavy atom. The van der Waals surface area contributed by atoms with Crippen LogP contribution < -0.4 is 10.2 Å². The van der Waals surface area contributed by atoms with Gasteiger partial charge in [-0.25, -0.2) is 4.98 Å². The first-order chi connectivity index (χ1) is 9.67. The van der Waals surface area contributed by atoms with Crippen molar-refractivity contribution in [3.05, 3.63) is 22.2 Å². The summed E-state index contributed by atoms with van der Waals surface area (Å²) in [6, 6.07) is 3.65. The second-order valence-corrected chi connectivity index (χ2v) is 5.74. The molecule has 0 aromatic carbocycles. The fraction of sp³-hybridized carbons (Fsp3) is 0.643. The van der Waals surface area contributed by atoms with Crippen LogP contribution >= 0.6 is 0 Å². The summed E-state index contributed by atoms with van der Waals surface area (Å²) in [7, 11) is 0. The number of fused-ring (bicyclic) bond motifs is 2. The third kappa shape index (κ3) is 2.42. The molecule has 1 aliphatic heterocycles. The number of hydrogen-bond acceptors (Lipinski definition) is 5. The van der Waals surface area contributed by atoms with Gasteiger partial charge in [-0.15, -0.1) is 0 Å². The van der Waals surface area contributed by atoms with Crippen molar-refractivity contribution in [2.45, 2.75) is 38.6 Å². The molecule has 20 heavy (non-hydrogen) atoms. The van der Waals surface area contributed by atoms with Gasteiger partial charge in [0.15, 0.2) is 0 Å². The van der Waals surface area contributed by atoms with Gasteiger partial charge in [-0.05, 0) is 31.6 Å². The monoisotopic (exact) mass is 276 g/mol. The standard InChI is InChI=1S/C14H20N4O2/c1-2-5-15-13-7-12(18(19)20)8-14(16-13)17-9-10-3-4-11(17)6-10/h7-8,10-11H,2-6,9H2,1H3,(H,15,16). The number of anilines is 2. The van der Waals surface area contributed by atoms with Gasteiger partial charge in [0.2, 0.25) is 0 Å². The second kappa shape index (κ2) is 5.26. The quantitative estimate of drug-likeness (QED) is 0.661. The second-order valence-electron chi connectivity index (χ2n) is 5.74. The van der Waals surface area contributed by atoms with Crippen LogP contribution in [-0.4, -0.2) is 29.0 Å². The molecule has 2 atom stereocenters. The van der Waals surface area contributed by atoms with Gasteiger partial charge in [-0.3, -0.25) is 10.1 Å². The molecule has 0 amide bonds. The highest BCUT2D eigenvalue weighted by Crippen LogP contribution is 2.40. The number of piperidine rings is 1. The molecule has 2 unspecified atom stereocenters. The van der Waals surface area contributed by atoms with Crippen molar-refractivity contribution in [3.63, 3.8) is 0 Å². The van der Waals surface area contributed by atoms with E-state index < -0.39 is 0 Å². The van der Waals surface area contributed by atoms with Crippen molar-refractivity contribution in [2.24, 2.45) is 5.92 Å². The Kier molecular flexibility index (Phi) is 3.46. The van der Waals surface area contributed by atoms with Crippen LogP contribution in [0.5, 0.6) is 0 Å². The number of nitro groups is 1. The zero-order valence-corrected chi connectivity index (χ0v) is 11.7. The molecule has 108 valence electrons. The third-order valence-corrected chi connectivity index (χ3v) is 4.27. The van der Waals surface area contributed by atoms with E-state index in [2.05, 4.69) is 22.1 Å². The average molecular weight is 276 g/mol. The number of nitrogens with one attached hydrogen (secondary N) is 1. The Hall–Kier alpha value is -1.85. The van der Waals surface area contributed by atoms with Gasteiger partial charge in [-0.2, -0.15) is 0 Å². The zero-order valence-electron chi connectivity index (χ0n) is 11.7. The summed E-state index contributed by atoms with van der Waals surface area (Å²) in [4.78, 5) is 17.6. The molecule has 6 nitrogen and oxygen atoms in total. The maximum Gasteiger partial charge on any atom is 0.276 e. The molecule has 2 aliphatic rings. The van der Waals surface area contributed by atoms with Crippen molar-refractivity contribution in [2.75, 3.05) is 23.3 Å². The van der Waals surface area contributed by atoms with Crippen LogP contribution in [0.4, 0.5) is 17.3 Å². The lowest BCUT2D eigenvalue weighted by Crippen LogP contribution is -2.32. The van der Waals surface area contributed by atoms with E-state index in [1.807, 2.05) is 0 Å². The maximum absolute atomic E-state index is 11.1. The van der Waals surface area contributed by atoms with Crippen LogP contribution in [-0.2, 0) is 0 Å². The Morgan fingerprint density at radius 2 is 2.35 bits per heavy atom. The van der Waals surface area contributed by atoms with Gasteiger partial charge in [0, 0.05) is 19.1 Å². The molecule has 1 N–H and O–H groups in total. The van der Waals surface area contributed by atoms with E-state index in [4.69, 9.17) is 0 Å². The van der Waals surface area contributed by atoms with Crippen LogP contribution in [0.2, 0.25) is 0 Å². The highest BCUT2D eigenvalue weighted by Gasteiger charge is 2.38. The minimum Gasteiger partial charge on any atom is -0.370 e.